The molecule has 15 heavy (non-hydrogen) atoms. The van der Waals surface area contributed by atoms with Crippen LogP contribution in [0, 0.1) is 0 Å². The minimum atomic E-state index is 0.377. The summed E-state index contributed by atoms with van der Waals surface area (Å²) in [6, 6.07) is 7.96. The number of benzene rings is 1. The number of hydrogen-bond acceptors (Lipinski definition) is 4. The number of hydrogen-bond donors (Lipinski definition) is 0. The predicted octanol–water partition coefficient (Wildman–Crippen LogP) is 2.91. The Morgan fingerprint density at radius 3 is 2.53 bits per heavy atom. The molecule has 2 aromatic rings. The largest absolute Gasteiger partial charge is 0.220 e. The van der Waals surface area contributed by atoms with E-state index in [0.717, 1.165) is 5.56 Å². The number of rotatable bonds is 2. The summed E-state index contributed by atoms with van der Waals surface area (Å²) >= 11 is 7.61. The summed E-state index contributed by atoms with van der Waals surface area (Å²) in [7, 11) is 0. The second-order valence-electron chi connectivity index (χ2n) is 2.83. The smallest absolute Gasteiger partial charge is 0.159 e. The average molecular weight is 238 g/mol. The van der Waals surface area contributed by atoms with Gasteiger partial charge in [0.1, 0.15) is 12.0 Å². The molecule has 0 saturated carbocycles. The van der Waals surface area contributed by atoms with Gasteiger partial charge in [0.2, 0.25) is 0 Å². The molecule has 5 heteroatoms. The van der Waals surface area contributed by atoms with Crippen molar-refractivity contribution in [1.29, 1.82) is 0 Å². The Kier molecular flexibility index (Phi) is 3.18. The zero-order valence-corrected chi connectivity index (χ0v) is 9.59. The minimum Gasteiger partial charge on any atom is -0.220 e. The minimum absolute atomic E-state index is 0.377. The van der Waals surface area contributed by atoms with Crippen molar-refractivity contribution in [3.8, 4) is 11.3 Å². The molecule has 1 heterocycles. The third-order valence-electron chi connectivity index (χ3n) is 1.94. The van der Waals surface area contributed by atoms with Gasteiger partial charge >= 0.3 is 0 Å². The quantitative estimate of drug-likeness (QED) is 0.753. The van der Waals surface area contributed by atoms with Crippen LogP contribution in [-0.2, 0) is 0 Å². The summed E-state index contributed by atoms with van der Waals surface area (Å²) in [5, 5.41) is 8.04. The van der Waals surface area contributed by atoms with Crippen LogP contribution in [0.15, 0.2) is 35.5 Å². The SMILES string of the molecule is CSc1ccc(-c2nncnc2Cl)cc1. The van der Waals surface area contributed by atoms with Gasteiger partial charge < -0.3 is 0 Å². The number of thioether (sulfide) groups is 1. The van der Waals surface area contributed by atoms with E-state index in [9.17, 15) is 0 Å². The topological polar surface area (TPSA) is 38.7 Å². The number of nitrogens with zero attached hydrogens (tertiary/aromatic N) is 3. The molecular weight excluding hydrogens is 230 g/mol. The molecule has 3 nitrogen and oxygen atoms in total. The molecule has 0 spiro atoms. The van der Waals surface area contributed by atoms with Crippen molar-refractivity contribution in [3.05, 3.63) is 35.7 Å². The lowest BCUT2D eigenvalue weighted by molar-refractivity contribution is 0.976. The summed E-state index contributed by atoms with van der Waals surface area (Å²) in [5.74, 6) is 0. The van der Waals surface area contributed by atoms with E-state index in [1.165, 1.54) is 11.2 Å². The molecule has 0 aliphatic rings. The highest BCUT2D eigenvalue weighted by Gasteiger charge is 2.05. The van der Waals surface area contributed by atoms with Gasteiger partial charge in [0.05, 0.1) is 0 Å². The van der Waals surface area contributed by atoms with E-state index in [1.807, 2.05) is 30.5 Å². The molecule has 1 aromatic carbocycles. The van der Waals surface area contributed by atoms with E-state index in [0.29, 0.717) is 10.8 Å². The zero-order valence-electron chi connectivity index (χ0n) is 8.01. The molecule has 0 aliphatic heterocycles. The van der Waals surface area contributed by atoms with Crippen LogP contribution in [-0.4, -0.2) is 21.4 Å². The van der Waals surface area contributed by atoms with E-state index >= 15 is 0 Å². The van der Waals surface area contributed by atoms with Gasteiger partial charge in [-0.25, -0.2) is 4.98 Å². The van der Waals surface area contributed by atoms with Crippen LogP contribution < -0.4 is 0 Å². The van der Waals surface area contributed by atoms with Gasteiger partial charge in [0.15, 0.2) is 5.15 Å². The van der Waals surface area contributed by atoms with Crippen molar-refractivity contribution in [3.63, 3.8) is 0 Å². The normalized spacial score (nSPS) is 10.3. The van der Waals surface area contributed by atoms with Gasteiger partial charge in [-0.3, -0.25) is 0 Å². The lowest BCUT2D eigenvalue weighted by Crippen LogP contribution is -1.90. The van der Waals surface area contributed by atoms with E-state index in [1.54, 1.807) is 11.8 Å². The first-order valence-corrected chi connectivity index (χ1v) is 5.89. The molecule has 0 atom stereocenters. The first-order chi connectivity index (χ1) is 7.31. The maximum absolute atomic E-state index is 5.91. The lowest BCUT2D eigenvalue weighted by Gasteiger charge is -2.01. The second-order valence-corrected chi connectivity index (χ2v) is 4.07. The van der Waals surface area contributed by atoms with Gasteiger partial charge in [-0.05, 0) is 18.4 Å². The van der Waals surface area contributed by atoms with Gasteiger partial charge in [-0.1, -0.05) is 23.7 Å². The molecule has 0 aliphatic carbocycles. The average Bonchev–Trinajstić information content (AvgIpc) is 2.30. The third-order valence-corrected chi connectivity index (χ3v) is 2.96. The van der Waals surface area contributed by atoms with E-state index in [2.05, 4.69) is 15.2 Å². The predicted molar refractivity (Wildman–Crippen MR) is 62.1 cm³/mol. The monoisotopic (exact) mass is 237 g/mol. The fraction of sp³-hybridized carbons (Fsp3) is 0.100. The van der Waals surface area contributed by atoms with Crippen molar-refractivity contribution < 1.29 is 0 Å². The Morgan fingerprint density at radius 2 is 1.93 bits per heavy atom. The van der Waals surface area contributed by atoms with E-state index in [4.69, 9.17) is 11.6 Å². The Balaban J connectivity index is 2.42. The maximum atomic E-state index is 5.91. The number of halogens is 1. The second kappa shape index (κ2) is 4.59. The summed E-state index contributed by atoms with van der Waals surface area (Å²) in [6.07, 6.45) is 3.37. The standard InChI is InChI=1S/C10H8ClN3S/c1-15-8-4-2-7(3-5-8)9-10(11)12-6-13-14-9/h2-6H,1H3. The molecular formula is C10H8ClN3S. The molecule has 76 valence electrons. The Morgan fingerprint density at radius 1 is 1.20 bits per heavy atom. The van der Waals surface area contributed by atoms with Crippen molar-refractivity contribution in [2.24, 2.45) is 0 Å². The van der Waals surface area contributed by atoms with Crippen LogP contribution in [0.3, 0.4) is 0 Å². The molecule has 0 amide bonds. The summed E-state index contributed by atoms with van der Waals surface area (Å²) in [5.41, 5.74) is 1.55. The van der Waals surface area contributed by atoms with Crippen LogP contribution >= 0.6 is 23.4 Å². The van der Waals surface area contributed by atoms with Gasteiger partial charge in [-0.2, -0.15) is 0 Å². The summed E-state index contributed by atoms with van der Waals surface area (Å²) in [6.45, 7) is 0. The van der Waals surface area contributed by atoms with Crippen LogP contribution in [0.1, 0.15) is 0 Å². The zero-order chi connectivity index (χ0) is 10.7. The Bertz CT molecular complexity index is 458. The fourth-order valence-corrected chi connectivity index (χ4v) is 1.79. The molecule has 0 fully saturated rings. The molecule has 0 radical (unpaired) electrons. The summed E-state index contributed by atoms with van der Waals surface area (Å²) in [4.78, 5) is 5.09. The first kappa shape index (κ1) is 10.4. The van der Waals surface area contributed by atoms with Crippen molar-refractivity contribution >= 4 is 23.4 Å². The molecule has 2 rings (SSSR count). The maximum Gasteiger partial charge on any atom is 0.159 e. The Labute approximate surface area is 96.9 Å². The van der Waals surface area contributed by atoms with E-state index < -0.39 is 0 Å². The van der Waals surface area contributed by atoms with Crippen LogP contribution in [0.2, 0.25) is 5.15 Å². The van der Waals surface area contributed by atoms with Crippen molar-refractivity contribution in [2.75, 3.05) is 6.26 Å². The first-order valence-electron chi connectivity index (χ1n) is 4.29. The van der Waals surface area contributed by atoms with Crippen LogP contribution in [0.4, 0.5) is 0 Å². The highest BCUT2D eigenvalue weighted by Crippen LogP contribution is 2.24. The molecule has 0 N–H and O–H groups in total. The third kappa shape index (κ3) is 2.27. The summed E-state index contributed by atoms with van der Waals surface area (Å²) < 4.78 is 0. The highest BCUT2D eigenvalue weighted by molar-refractivity contribution is 7.98. The molecule has 1 aromatic heterocycles. The van der Waals surface area contributed by atoms with Gasteiger partial charge in [-0.15, -0.1) is 22.0 Å². The number of aromatic nitrogens is 3. The Hall–Kier alpha value is -1.13. The highest BCUT2D eigenvalue weighted by atomic mass is 35.5. The molecule has 0 bridgehead atoms. The van der Waals surface area contributed by atoms with Crippen molar-refractivity contribution in [2.45, 2.75) is 4.90 Å². The van der Waals surface area contributed by atoms with Crippen LogP contribution in [0.5, 0.6) is 0 Å². The van der Waals surface area contributed by atoms with Gasteiger partial charge in [0, 0.05) is 10.5 Å². The van der Waals surface area contributed by atoms with Gasteiger partial charge in [0.25, 0.3) is 0 Å². The molecule has 0 unspecified atom stereocenters. The lowest BCUT2D eigenvalue weighted by atomic mass is 10.2. The molecule has 0 saturated heterocycles. The fourth-order valence-electron chi connectivity index (χ4n) is 1.19. The van der Waals surface area contributed by atoms with E-state index in [-0.39, 0.29) is 0 Å². The van der Waals surface area contributed by atoms with Crippen LogP contribution in [0.25, 0.3) is 11.3 Å². The van der Waals surface area contributed by atoms with Crippen molar-refractivity contribution in [1.82, 2.24) is 15.2 Å².